The summed E-state index contributed by atoms with van der Waals surface area (Å²) in [4.78, 5) is 32.2. The zero-order chi connectivity index (χ0) is 24.5. The summed E-state index contributed by atoms with van der Waals surface area (Å²) in [6, 6.07) is 17.8. The molecule has 2 aliphatic rings. The van der Waals surface area contributed by atoms with Crippen LogP contribution in [0.2, 0.25) is 0 Å². The van der Waals surface area contributed by atoms with Crippen LogP contribution in [0.1, 0.15) is 31.7 Å². The molecular formula is C28H37N3O4. The Balaban J connectivity index is 1.19. The van der Waals surface area contributed by atoms with Crippen LogP contribution in [-0.2, 0) is 16.1 Å². The fraction of sp³-hybridized carbons (Fsp3) is 0.500. The molecule has 1 atom stereocenters. The van der Waals surface area contributed by atoms with Gasteiger partial charge in [-0.2, -0.15) is 0 Å². The lowest BCUT2D eigenvalue weighted by molar-refractivity contribution is -0.142. The summed E-state index contributed by atoms with van der Waals surface area (Å²) in [6.07, 6.45) is 2.06. The summed E-state index contributed by atoms with van der Waals surface area (Å²) in [5, 5.41) is 0. The lowest BCUT2D eigenvalue weighted by Crippen LogP contribution is -2.52. The van der Waals surface area contributed by atoms with Gasteiger partial charge in [0.25, 0.3) is 0 Å². The third-order valence-corrected chi connectivity index (χ3v) is 6.78. The first-order valence-corrected chi connectivity index (χ1v) is 12.8. The van der Waals surface area contributed by atoms with Gasteiger partial charge in [-0.3, -0.25) is 14.5 Å². The molecule has 2 aromatic rings. The Morgan fingerprint density at radius 3 is 2.29 bits per heavy atom. The third kappa shape index (κ3) is 7.21. The van der Waals surface area contributed by atoms with E-state index in [0.717, 1.165) is 63.6 Å². The van der Waals surface area contributed by atoms with Crippen molar-refractivity contribution in [2.75, 3.05) is 52.5 Å². The number of hydrogen-bond acceptors (Lipinski definition) is 5. The van der Waals surface area contributed by atoms with E-state index in [1.165, 1.54) is 5.56 Å². The van der Waals surface area contributed by atoms with Gasteiger partial charge < -0.3 is 19.3 Å². The highest BCUT2D eigenvalue weighted by Crippen LogP contribution is 2.21. The molecule has 2 fully saturated rings. The molecule has 0 spiro atoms. The molecule has 2 heterocycles. The summed E-state index contributed by atoms with van der Waals surface area (Å²) in [6.45, 7) is 8.36. The number of nitrogens with zero attached hydrogens (tertiary/aromatic N) is 3. The van der Waals surface area contributed by atoms with Crippen molar-refractivity contribution < 1.29 is 19.1 Å². The molecule has 0 radical (unpaired) electrons. The van der Waals surface area contributed by atoms with Gasteiger partial charge in [-0.1, -0.05) is 30.3 Å². The van der Waals surface area contributed by atoms with Gasteiger partial charge in [-0.05, 0) is 49.6 Å². The van der Waals surface area contributed by atoms with E-state index in [9.17, 15) is 9.59 Å². The predicted octanol–water partition coefficient (Wildman–Crippen LogP) is 3.44. The van der Waals surface area contributed by atoms with Crippen LogP contribution in [0.4, 0.5) is 0 Å². The van der Waals surface area contributed by atoms with E-state index in [1.54, 1.807) is 0 Å². The molecule has 7 heteroatoms. The van der Waals surface area contributed by atoms with E-state index in [2.05, 4.69) is 17.0 Å². The molecule has 0 N–H and O–H groups in total. The number of rotatable bonds is 9. The lowest BCUT2D eigenvalue weighted by atomic mass is 9.96. The third-order valence-electron chi connectivity index (χ3n) is 6.78. The van der Waals surface area contributed by atoms with Crippen molar-refractivity contribution in [1.29, 1.82) is 0 Å². The second kappa shape index (κ2) is 12.6. The van der Waals surface area contributed by atoms with Crippen LogP contribution in [0.3, 0.4) is 0 Å². The molecular weight excluding hydrogens is 442 g/mol. The fourth-order valence-corrected chi connectivity index (χ4v) is 4.84. The SMILES string of the molecule is CCOc1ccc(CN2CCN(C(=O)C3CCCN(C(=O)CCOc4ccccc4)C3)CC2)cc1. The van der Waals surface area contributed by atoms with Crippen molar-refractivity contribution in [2.45, 2.75) is 32.7 Å². The van der Waals surface area contributed by atoms with E-state index in [4.69, 9.17) is 9.47 Å². The number of hydrogen-bond donors (Lipinski definition) is 0. The number of ether oxygens (including phenoxy) is 2. The van der Waals surface area contributed by atoms with Gasteiger partial charge in [0.1, 0.15) is 11.5 Å². The number of amides is 2. The number of piperidine rings is 1. The molecule has 188 valence electrons. The average molecular weight is 480 g/mol. The maximum absolute atomic E-state index is 13.2. The molecule has 0 aromatic heterocycles. The van der Waals surface area contributed by atoms with Crippen LogP contribution in [0.5, 0.6) is 11.5 Å². The Bertz CT molecular complexity index is 942. The van der Waals surface area contributed by atoms with Crippen LogP contribution < -0.4 is 9.47 Å². The minimum atomic E-state index is -0.0969. The topological polar surface area (TPSA) is 62.3 Å². The fourth-order valence-electron chi connectivity index (χ4n) is 4.84. The molecule has 2 amide bonds. The molecule has 0 aliphatic carbocycles. The molecule has 2 aliphatic heterocycles. The zero-order valence-corrected chi connectivity index (χ0v) is 20.7. The van der Waals surface area contributed by atoms with Gasteiger partial charge in [-0.15, -0.1) is 0 Å². The van der Waals surface area contributed by atoms with Crippen LogP contribution in [0, 0.1) is 5.92 Å². The second-order valence-corrected chi connectivity index (χ2v) is 9.27. The first-order valence-electron chi connectivity index (χ1n) is 12.8. The molecule has 35 heavy (non-hydrogen) atoms. The molecule has 4 rings (SSSR count). The van der Waals surface area contributed by atoms with E-state index in [-0.39, 0.29) is 17.7 Å². The largest absolute Gasteiger partial charge is 0.494 e. The number of para-hydroxylation sites is 1. The summed E-state index contributed by atoms with van der Waals surface area (Å²) in [5.41, 5.74) is 1.26. The summed E-state index contributed by atoms with van der Waals surface area (Å²) in [7, 11) is 0. The smallest absolute Gasteiger partial charge is 0.227 e. The highest BCUT2D eigenvalue weighted by atomic mass is 16.5. The van der Waals surface area contributed by atoms with Gasteiger partial charge >= 0.3 is 0 Å². The molecule has 0 saturated carbocycles. The van der Waals surface area contributed by atoms with Gasteiger partial charge in [0.2, 0.25) is 11.8 Å². The Hall–Kier alpha value is -3.06. The van der Waals surface area contributed by atoms with E-state index in [0.29, 0.717) is 26.2 Å². The van der Waals surface area contributed by atoms with Crippen molar-refractivity contribution in [2.24, 2.45) is 5.92 Å². The summed E-state index contributed by atoms with van der Waals surface area (Å²) in [5.74, 6) is 1.84. The Morgan fingerprint density at radius 2 is 1.57 bits per heavy atom. The van der Waals surface area contributed by atoms with Gasteiger partial charge in [0.15, 0.2) is 0 Å². The number of carbonyl (C=O) groups excluding carboxylic acids is 2. The zero-order valence-electron chi connectivity index (χ0n) is 20.7. The first-order chi connectivity index (χ1) is 17.1. The lowest BCUT2D eigenvalue weighted by Gasteiger charge is -2.39. The van der Waals surface area contributed by atoms with Crippen molar-refractivity contribution in [3.63, 3.8) is 0 Å². The average Bonchev–Trinajstić information content (AvgIpc) is 2.91. The van der Waals surface area contributed by atoms with Crippen LogP contribution in [0.15, 0.2) is 54.6 Å². The van der Waals surface area contributed by atoms with Crippen LogP contribution >= 0.6 is 0 Å². The molecule has 2 saturated heterocycles. The van der Waals surface area contributed by atoms with Crippen LogP contribution in [-0.4, -0.2) is 79.0 Å². The van der Waals surface area contributed by atoms with Crippen molar-refractivity contribution in [1.82, 2.24) is 14.7 Å². The number of likely N-dealkylation sites (tertiary alicyclic amines) is 1. The normalized spacial score (nSPS) is 18.8. The Kier molecular flexibility index (Phi) is 9.01. The predicted molar refractivity (Wildman–Crippen MR) is 135 cm³/mol. The number of carbonyl (C=O) groups is 2. The maximum Gasteiger partial charge on any atom is 0.227 e. The second-order valence-electron chi connectivity index (χ2n) is 9.27. The van der Waals surface area contributed by atoms with Gasteiger partial charge in [0, 0.05) is 45.8 Å². The molecule has 2 aromatic carbocycles. The Morgan fingerprint density at radius 1 is 0.857 bits per heavy atom. The minimum Gasteiger partial charge on any atom is -0.494 e. The van der Waals surface area contributed by atoms with Crippen molar-refractivity contribution >= 4 is 11.8 Å². The summed E-state index contributed by atoms with van der Waals surface area (Å²) < 4.78 is 11.2. The highest BCUT2D eigenvalue weighted by molar-refractivity contribution is 5.81. The highest BCUT2D eigenvalue weighted by Gasteiger charge is 2.32. The number of piperazine rings is 1. The van der Waals surface area contributed by atoms with E-state index >= 15 is 0 Å². The standard InChI is InChI=1S/C28H37N3O4/c1-2-34-26-12-10-23(11-13-26)21-29-16-18-30(19-17-29)28(33)24-7-6-15-31(22-24)27(32)14-20-35-25-8-4-3-5-9-25/h3-5,8-13,24H,2,6-7,14-22H2,1H3. The Labute approximate surface area is 208 Å². The number of benzene rings is 2. The van der Waals surface area contributed by atoms with Gasteiger partial charge in [-0.25, -0.2) is 0 Å². The monoisotopic (exact) mass is 479 g/mol. The minimum absolute atomic E-state index is 0.0682. The quantitative estimate of drug-likeness (QED) is 0.551. The van der Waals surface area contributed by atoms with E-state index < -0.39 is 0 Å². The summed E-state index contributed by atoms with van der Waals surface area (Å²) >= 11 is 0. The molecule has 1 unspecified atom stereocenters. The van der Waals surface area contributed by atoms with Gasteiger partial charge in [0.05, 0.1) is 25.6 Å². The first kappa shape index (κ1) is 25.0. The van der Waals surface area contributed by atoms with E-state index in [1.807, 2.05) is 59.2 Å². The molecule has 7 nitrogen and oxygen atoms in total. The van der Waals surface area contributed by atoms with Crippen molar-refractivity contribution in [3.05, 3.63) is 60.2 Å². The van der Waals surface area contributed by atoms with Crippen molar-refractivity contribution in [3.8, 4) is 11.5 Å². The molecule has 0 bridgehead atoms. The maximum atomic E-state index is 13.2. The van der Waals surface area contributed by atoms with Crippen LogP contribution in [0.25, 0.3) is 0 Å².